The third kappa shape index (κ3) is 3.01. The van der Waals surface area contributed by atoms with Crippen LogP contribution in [0.15, 0.2) is 18.2 Å². The van der Waals surface area contributed by atoms with Crippen molar-refractivity contribution in [3.8, 4) is 0 Å². The zero-order chi connectivity index (χ0) is 19.1. The SMILES string of the molecule is CN(c1ccc2c(c1)C(=O)N(C1CCC(=O)NC1=O)C2=O)C1CCCCC1. The van der Waals surface area contributed by atoms with Gasteiger partial charge in [-0.05, 0) is 37.5 Å². The molecule has 1 saturated heterocycles. The van der Waals surface area contributed by atoms with Gasteiger partial charge in [0, 0.05) is 25.2 Å². The second-order valence-electron chi connectivity index (χ2n) is 7.58. The van der Waals surface area contributed by atoms with Crippen molar-refractivity contribution in [3.63, 3.8) is 0 Å². The van der Waals surface area contributed by atoms with Gasteiger partial charge in [-0.2, -0.15) is 0 Å². The van der Waals surface area contributed by atoms with E-state index in [9.17, 15) is 19.2 Å². The van der Waals surface area contributed by atoms with Crippen LogP contribution in [0, 0.1) is 0 Å². The van der Waals surface area contributed by atoms with Crippen LogP contribution in [-0.2, 0) is 9.59 Å². The van der Waals surface area contributed by atoms with Crippen LogP contribution in [0.4, 0.5) is 5.69 Å². The van der Waals surface area contributed by atoms with E-state index >= 15 is 0 Å². The molecule has 0 radical (unpaired) electrons. The third-order valence-corrected chi connectivity index (χ3v) is 5.95. The minimum atomic E-state index is -0.922. The van der Waals surface area contributed by atoms with Gasteiger partial charge in [-0.1, -0.05) is 19.3 Å². The van der Waals surface area contributed by atoms with Crippen LogP contribution in [0.5, 0.6) is 0 Å². The monoisotopic (exact) mass is 369 g/mol. The van der Waals surface area contributed by atoms with Crippen LogP contribution in [0.25, 0.3) is 0 Å². The second-order valence-corrected chi connectivity index (χ2v) is 7.58. The van der Waals surface area contributed by atoms with E-state index < -0.39 is 23.8 Å². The van der Waals surface area contributed by atoms with Gasteiger partial charge in [-0.15, -0.1) is 0 Å². The molecule has 3 aliphatic rings. The van der Waals surface area contributed by atoms with Crippen molar-refractivity contribution < 1.29 is 19.2 Å². The number of nitrogens with zero attached hydrogens (tertiary/aromatic N) is 2. The molecule has 1 aromatic carbocycles. The van der Waals surface area contributed by atoms with Gasteiger partial charge in [0.05, 0.1) is 11.1 Å². The maximum Gasteiger partial charge on any atom is 0.262 e. The van der Waals surface area contributed by atoms with Crippen molar-refractivity contribution in [2.24, 2.45) is 0 Å². The molecule has 2 aliphatic heterocycles. The molecular formula is C20H23N3O4. The molecule has 0 aromatic heterocycles. The number of carbonyl (C=O) groups is 4. The zero-order valence-electron chi connectivity index (χ0n) is 15.4. The lowest BCUT2D eigenvalue weighted by molar-refractivity contribution is -0.136. The average Bonchev–Trinajstić information content (AvgIpc) is 2.92. The van der Waals surface area contributed by atoms with Crippen molar-refractivity contribution in [2.45, 2.75) is 57.0 Å². The van der Waals surface area contributed by atoms with E-state index in [2.05, 4.69) is 10.2 Å². The maximum absolute atomic E-state index is 12.9. The minimum Gasteiger partial charge on any atom is -0.372 e. The first-order valence-corrected chi connectivity index (χ1v) is 9.56. The average molecular weight is 369 g/mol. The van der Waals surface area contributed by atoms with E-state index in [4.69, 9.17) is 0 Å². The van der Waals surface area contributed by atoms with Gasteiger partial charge < -0.3 is 4.90 Å². The first-order chi connectivity index (χ1) is 13.0. The highest BCUT2D eigenvalue weighted by atomic mass is 16.2. The molecule has 27 heavy (non-hydrogen) atoms. The van der Waals surface area contributed by atoms with Crippen LogP contribution in [0.2, 0.25) is 0 Å². The summed E-state index contributed by atoms with van der Waals surface area (Å²) in [6.07, 6.45) is 6.24. The van der Waals surface area contributed by atoms with E-state index in [0.29, 0.717) is 17.2 Å². The lowest BCUT2D eigenvalue weighted by Gasteiger charge is -2.33. The fourth-order valence-electron chi connectivity index (χ4n) is 4.36. The van der Waals surface area contributed by atoms with E-state index in [0.717, 1.165) is 23.4 Å². The number of anilines is 1. The molecule has 142 valence electrons. The van der Waals surface area contributed by atoms with Gasteiger partial charge >= 0.3 is 0 Å². The normalized spacial score (nSPS) is 23.4. The molecule has 1 aliphatic carbocycles. The standard InChI is InChI=1S/C20H23N3O4/c1-22(12-5-3-2-4-6-12)13-7-8-14-15(11-13)20(27)23(19(14)26)16-9-10-17(24)21-18(16)25/h7-8,11-12,16H,2-6,9-10H2,1H3,(H,21,24,25). The van der Waals surface area contributed by atoms with Crippen molar-refractivity contribution in [3.05, 3.63) is 29.3 Å². The van der Waals surface area contributed by atoms with E-state index in [1.807, 2.05) is 13.1 Å². The summed E-state index contributed by atoms with van der Waals surface area (Å²) < 4.78 is 0. The molecule has 1 atom stereocenters. The lowest BCUT2D eigenvalue weighted by Crippen LogP contribution is -2.54. The molecule has 0 bridgehead atoms. The summed E-state index contributed by atoms with van der Waals surface area (Å²) in [6, 6.07) is 4.82. The first-order valence-electron chi connectivity index (χ1n) is 9.56. The molecule has 1 aromatic rings. The van der Waals surface area contributed by atoms with Gasteiger partial charge in [-0.3, -0.25) is 29.4 Å². The Morgan fingerprint density at radius 3 is 2.37 bits per heavy atom. The van der Waals surface area contributed by atoms with Gasteiger partial charge in [-0.25, -0.2) is 0 Å². The molecule has 2 heterocycles. The number of carbonyl (C=O) groups excluding carboxylic acids is 4. The summed E-state index contributed by atoms with van der Waals surface area (Å²) in [5.74, 6) is -1.87. The largest absolute Gasteiger partial charge is 0.372 e. The van der Waals surface area contributed by atoms with Crippen LogP contribution in [-0.4, -0.2) is 47.7 Å². The number of rotatable bonds is 3. The van der Waals surface area contributed by atoms with Crippen LogP contribution < -0.4 is 10.2 Å². The second kappa shape index (κ2) is 6.79. The smallest absolute Gasteiger partial charge is 0.262 e. The van der Waals surface area contributed by atoms with Gasteiger partial charge in [0.2, 0.25) is 11.8 Å². The predicted octanol–water partition coefficient (Wildman–Crippen LogP) is 1.86. The Morgan fingerprint density at radius 2 is 1.67 bits per heavy atom. The maximum atomic E-state index is 12.9. The number of imide groups is 2. The van der Waals surface area contributed by atoms with Crippen LogP contribution >= 0.6 is 0 Å². The topological polar surface area (TPSA) is 86.8 Å². The molecule has 1 N–H and O–H groups in total. The molecule has 1 unspecified atom stereocenters. The quantitative estimate of drug-likeness (QED) is 0.822. The number of piperidine rings is 1. The highest BCUT2D eigenvalue weighted by Crippen LogP contribution is 2.32. The molecule has 4 amide bonds. The first kappa shape index (κ1) is 17.7. The Bertz CT molecular complexity index is 829. The number of hydrogen-bond acceptors (Lipinski definition) is 5. The Labute approximate surface area is 157 Å². The van der Waals surface area contributed by atoms with Crippen molar-refractivity contribution in [2.75, 3.05) is 11.9 Å². The molecule has 7 heteroatoms. The molecule has 7 nitrogen and oxygen atoms in total. The lowest BCUT2D eigenvalue weighted by atomic mass is 9.94. The summed E-state index contributed by atoms with van der Waals surface area (Å²) in [5.41, 5.74) is 1.57. The Kier molecular flexibility index (Phi) is 4.45. The van der Waals surface area contributed by atoms with Gasteiger partial charge in [0.15, 0.2) is 0 Å². The summed E-state index contributed by atoms with van der Waals surface area (Å²) >= 11 is 0. The predicted molar refractivity (Wildman–Crippen MR) is 98.4 cm³/mol. The van der Waals surface area contributed by atoms with E-state index in [-0.39, 0.29) is 18.7 Å². The third-order valence-electron chi connectivity index (χ3n) is 5.95. The number of nitrogens with one attached hydrogen (secondary N) is 1. The van der Waals surface area contributed by atoms with E-state index in [1.54, 1.807) is 12.1 Å². The highest BCUT2D eigenvalue weighted by molar-refractivity contribution is 6.23. The number of amides is 4. The number of fused-ring (bicyclic) bond motifs is 1. The van der Waals surface area contributed by atoms with Crippen molar-refractivity contribution in [1.29, 1.82) is 0 Å². The van der Waals surface area contributed by atoms with Gasteiger partial charge in [0.25, 0.3) is 11.8 Å². The molecule has 0 spiro atoms. The highest BCUT2D eigenvalue weighted by Gasteiger charge is 2.44. The Hall–Kier alpha value is -2.70. The van der Waals surface area contributed by atoms with Crippen LogP contribution in [0.3, 0.4) is 0 Å². The summed E-state index contributed by atoms with van der Waals surface area (Å²) in [6.45, 7) is 0. The number of hydrogen-bond donors (Lipinski definition) is 1. The van der Waals surface area contributed by atoms with E-state index in [1.165, 1.54) is 19.3 Å². The fourth-order valence-corrected chi connectivity index (χ4v) is 4.36. The van der Waals surface area contributed by atoms with Gasteiger partial charge in [0.1, 0.15) is 6.04 Å². The summed E-state index contributed by atoms with van der Waals surface area (Å²) in [5, 5.41) is 2.21. The molecule has 2 fully saturated rings. The number of benzene rings is 1. The summed E-state index contributed by atoms with van der Waals surface area (Å²) in [7, 11) is 2.02. The Balaban J connectivity index is 1.60. The summed E-state index contributed by atoms with van der Waals surface area (Å²) in [4.78, 5) is 52.3. The van der Waals surface area contributed by atoms with Crippen LogP contribution in [0.1, 0.15) is 65.7 Å². The van der Waals surface area contributed by atoms with Crippen molar-refractivity contribution in [1.82, 2.24) is 10.2 Å². The molecule has 1 saturated carbocycles. The molecular weight excluding hydrogens is 346 g/mol. The molecule has 4 rings (SSSR count). The van der Waals surface area contributed by atoms with Crippen molar-refractivity contribution >= 4 is 29.3 Å². The fraction of sp³-hybridized carbons (Fsp3) is 0.500. The Morgan fingerprint density at radius 1 is 0.963 bits per heavy atom. The minimum absolute atomic E-state index is 0.124. The zero-order valence-corrected chi connectivity index (χ0v) is 15.4.